The Kier molecular flexibility index (Phi) is 6.14. The van der Waals surface area contributed by atoms with Crippen molar-refractivity contribution in [2.75, 3.05) is 6.54 Å². The minimum Gasteiger partial charge on any atom is -0.334 e. The maximum Gasteiger partial charge on any atom is 0.322 e. The van der Waals surface area contributed by atoms with Crippen LogP contribution < -0.4 is 5.32 Å². The molecule has 2 amide bonds. The van der Waals surface area contributed by atoms with Gasteiger partial charge >= 0.3 is 6.03 Å². The van der Waals surface area contributed by atoms with E-state index in [9.17, 15) is 9.18 Å². The molecular weight excluding hydrogens is 443 g/mol. The predicted molar refractivity (Wildman–Crippen MR) is 132 cm³/mol. The Labute approximate surface area is 203 Å². The first-order valence-electron chi connectivity index (χ1n) is 11.5. The number of aryl methyl sites for hydroxylation is 1. The quantitative estimate of drug-likeness (QED) is 0.381. The fourth-order valence-electron chi connectivity index (χ4n) is 4.35. The molecule has 2 heterocycles. The molecule has 1 aliphatic rings. The zero-order chi connectivity index (χ0) is 24.4. The number of aromatic nitrogens is 2. The van der Waals surface area contributed by atoms with Crippen molar-refractivity contribution in [2.24, 2.45) is 0 Å². The van der Waals surface area contributed by atoms with Crippen molar-refractivity contribution in [3.05, 3.63) is 113 Å². The van der Waals surface area contributed by atoms with Crippen LogP contribution in [0.4, 0.5) is 9.18 Å². The molecule has 4 aromatic rings. The van der Waals surface area contributed by atoms with Gasteiger partial charge in [0.2, 0.25) is 5.82 Å². The van der Waals surface area contributed by atoms with E-state index in [1.807, 2.05) is 68.4 Å². The maximum absolute atomic E-state index is 13.6. The van der Waals surface area contributed by atoms with E-state index >= 15 is 0 Å². The van der Waals surface area contributed by atoms with Crippen molar-refractivity contribution in [1.29, 1.82) is 0 Å². The smallest absolute Gasteiger partial charge is 0.322 e. The lowest BCUT2D eigenvalue weighted by Gasteiger charge is -2.35. The van der Waals surface area contributed by atoms with Gasteiger partial charge in [-0.3, -0.25) is 4.90 Å². The highest BCUT2D eigenvalue weighted by Crippen LogP contribution is 2.37. The number of nitrogens with one attached hydrogen (secondary N) is 1. The third kappa shape index (κ3) is 4.71. The number of amides is 2. The van der Waals surface area contributed by atoms with Gasteiger partial charge in [-0.15, -0.1) is 0 Å². The van der Waals surface area contributed by atoms with Crippen LogP contribution in [0.5, 0.6) is 0 Å². The van der Waals surface area contributed by atoms with Crippen LogP contribution in [-0.4, -0.2) is 27.6 Å². The van der Waals surface area contributed by atoms with E-state index in [4.69, 9.17) is 4.52 Å². The van der Waals surface area contributed by atoms with Crippen molar-refractivity contribution < 1.29 is 13.7 Å². The number of hydrogen-bond acceptors (Lipinski definition) is 4. The van der Waals surface area contributed by atoms with E-state index in [0.29, 0.717) is 30.3 Å². The van der Waals surface area contributed by atoms with Crippen LogP contribution in [0.2, 0.25) is 0 Å². The van der Waals surface area contributed by atoms with Crippen molar-refractivity contribution in [3.8, 4) is 11.4 Å². The lowest BCUT2D eigenvalue weighted by atomic mass is 9.94. The lowest BCUT2D eigenvalue weighted by molar-refractivity contribution is 0.205. The summed E-state index contributed by atoms with van der Waals surface area (Å²) in [6, 6.07) is 23.2. The van der Waals surface area contributed by atoms with Crippen LogP contribution in [0.25, 0.3) is 17.0 Å². The molecule has 3 aromatic carbocycles. The SMILES string of the molecule is CC1=C(c2nc(-c3cccc(C)c3)no2)C(c2ccc(F)cc2)NC(=O)N1CCc1ccccc1. The highest BCUT2D eigenvalue weighted by molar-refractivity contribution is 5.86. The molecule has 0 radical (unpaired) electrons. The van der Waals surface area contributed by atoms with Gasteiger partial charge in [-0.25, -0.2) is 9.18 Å². The normalized spacial score (nSPS) is 15.9. The van der Waals surface area contributed by atoms with E-state index in [1.165, 1.54) is 12.1 Å². The average molecular weight is 469 g/mol. The zero-order valence-electron chi connectivity index (χ0n) is 19.5. The molecule has 35 heavy (non-hydrogen) atoms. The molecule has 0 bridgehead atoms. The van der Waals surface area contributed by atoms with Gasteiger partial charge in [0, 0.05) is 17.8 Å². The molecule has 0 saturated carbocycles. The third-order valence-electron chi connectivity index (χ3n) is 6.20. The molecule has 1 aromatic heterocycles. The number of urea groups is 1. The summed E-state index contributed by atoms with van der Waals surface area (Å²) in [7, 11) is 0. The highest BCUT2D eigenvalue weighted by atomic mass is 19.1. The van der Waals surface area contributed by atoms with Gasteiger partial charge in [0.25, 0.3) is 5.89 Å². The van der Waals surface area contributed by atoms with E-state index in [-0.39, 0.29) is 11.8 Å². The fraction of sp³-hybridized carbons (Fsp3) is 0.179. The molecule has 0 saturated heterocycles. The second-order valence-corrected chi connectivity index (χ2v) is 8.61. The number of carbonyl (C=O) groups excluding carboxylic acids is 1. The van der Waals surface area contributed by atoms with Gasteiger partial charge < -0.3 is 9.84 Å². The lowest BCUT2D eigenvalue weighted by Crippen LogP contribution is -2.46. The van der Waals surface area contributed by atoms with E-state index in [0.717, 1.165) is 28.0 Å². The van der Waals surface area contributed by atoms with Gasteiger partial charge in [0.1, 0.15) is 5.82 Å². The number of hydrogen-bond donors (Lipinski definition) is 1. The van der Waals surface area contributed by atoms with Crippen LogP contribution in [0, 0.1) is 12.7 Å². The van der Waals surface area contributed by atoms with E-state index in [2.05, 4.69) is 15.5 Å². The van der Waals surface area contributed by atoms with Gasteiger partial charge in [0.15, 0.2) is 0 Å². The van der Waals surface area contributed by atoms with Crippen LogP contribution >= 0.6 is 0 Å². The monoisotopic (exact) mass is 468 g/mol. The first-order valence-corrected chi connectivity index (χ1v) is 11.5. The van der Waals surface area contributed by atoms with Crippen LogP contribution in [0.15, 0.2) is 89.1 Å². The molecular formula is C28H25FN4O2. The first-order chi connectivity index (χ1) is 17.0. The van der Waals surface area contributed by atoms with Gasteiger partial charge in [-0.2, -0.15) is 4.98 Å². The number of nitrogens with zero attached hydrogens (tertiary/aromatic N) is 3. The first kappa shape index (κ1) is 22.5. The number of allylic oxidation sites excluding steroid dienone is 1. The summed E-state index contributed by atoms with van der Waals surface area (Å²) in [6.45, 7) is 4.37. The predicted octanol–water partition coefficient (Wildman–Crippen LogP) is 5.92. The summed E-state index contributed by atoms with van der Waals surface area (Å²) in [5, 5.41) is 7.26. The Morgan fingerprint density at radius 1 is 1.00 bits per heavy atom. The maximum atomic E-state index is 13.6. The molecule has 176 valence electrons. The Hall–Kier alpha value is -4.26. The standard InChI is InChI=1S/C28H25FN4O2/c1-18-7-6-10-22(17-18)26-31-27(35-32-26)24-19(2)33(16-15-20-8-4-3-5-9-20)28(34)30-25(24)21-11-13-23(29)14-12-21/h3-14,17,25H,15-16H2,1-2H3,(H,30,34). The summed E-state index contributed by atoms with van der Waals surface area (Å²) >= 11 is 0. The third-order valence-corrected chi connectivity index (χ3v) is 6.20. The van der Waals surface area contributed by atoms with E-state index in [1.54, 1.807) is 17.0 Å². The Morgan fingerprint density at radius 3 is 2.51 bits per heavy atom. The molecule has 7 heteroatoms. The summed E-state index contributed by atoms with van der Waals surface area (Å²) in [4.78, 5) is 19.5. The molecule has 1 N–H and O–H groups in total. The van der Waals surface area contributed by atoms with Crippen LogP contribution in [0.3, 0.4) is 0 Å². The fourth-order valence-corrected chi connectivity index (χ4v) is 4.35. The van der Waals surface area contributed by atoms with Gasteiger partial charge in [0.05, 0.1) is 11.6 Å². The largest absolute Gasteiger partial charge is 0.334 e. The Morgan fingerprint density at radius 2 is 1.77 bits per heavy atom. The molecule has 0 fully saturated rings. The molecule has 6 nitrogen and oxygen atoms in total. The summed E-state index contributed by atoms with van der Waals surface area (Å²) < 4.78 is 19.3. The number of rotatable bonds is 6. The molecule has 1 atom stereocenters. The second kappa shape index (κ2) is 9.54. The molecule has 1 unspecified atom stereocenters. The van der Waals surface area contributed by atoms with E-state index < -0.39 is 6.04 Å². The van der Waals surface area contributed by atoms with Crippen molar-refractivity contribution in [2.45, 2.75) is 26.3 Å². The van der Waals surface area contributed by atoms with Gasteiger partial charge in [-0.1, -0.05) is 71.4 Å². The molecule has 0 spiro atoms. The molecule has 5 rings (SSSR count). The topological polar surface area (TPSA) is 71.3 Å². The van der Waals surface area contributed by atoms with Gasteiger partial charge in [-0.05, 0) is 49.6 Å². The minimum atomic E-state index is -0.554. The highest BCUT2D eigenvalue weighted by Gasteiger charge is 2.35. The van der Waals surface area contributed by atoms with Crippen LogP contribution in [-0.2, 0) is 6.42 Å². The summed E-state index contributed by atoms with van der Waals surface area (Å²) in [6.07, 6.45) is 0.693. The van der Waals surface area contributed by atoms with Crippen molar-refractivity contribution in [3.63, 3.8) is 0 Å². The second-order valence-electron chi connectivity index (χ2n) is 8.61. The van der Waals surface area contributed by atoms with Crippen LogP contribution in [0.1, 0.15) is 35.5 Å². The Bertz CT molecular complexity index is 1380. The summed E-state index contributed by atoms with van der Waals surface area (Å²) in [5.41, 5.74) is 5.21. The summed E-state index contributed by atoms with van der Waals surface area (Å²) in [5.74, 6) is 0.440. The van der Waals surface area contributed by atoms with Crippen molar-refractivity contribution >= 4 is 11.6 Å². The number of benzene rings is 3. The minimum absolute atomic E-state index is 0.227. The molecule has 1 aliphatic heterocycles. The Balaban J connectivity index is 1.55. The molecule has 0 aliphatic carbocycles. The average Bonchev–Trinajstić information content (AvgIpc) is 3.34. The van der Waals surface area contributed by atoms with Crippen molar-refractivity contribution in [1.82, 2.24) is 20.4 Å². The number of carbonyl (C=O) groups is 1. The number of halogens is 1. The zero-order valence-corrected chi connectivity index (χ0v) is 19.5.